The Morgan fingerprint density at radius 1 is 1.39 bits per heavy atom. The van der Waals surface area contributed by atoms with Crippen molar-refractivity contribution in [2.45, 2.75) is 19.4 Å². The van der Waals surface area contributed by atoms with Crippen LogP contribution in [0.15, 0.2) is 36.7 Å². The quantitative estimate of drug-likeness (QED) is 0.819. The fraction of sp³-hybridized carbons (Fsp3) is 0.467. The predicted molar refractivity (Wildman–Crippen MR) is 85.5 cm³/mol. The standard InChI is InChI=1S/C15H20N4O3S/c20-23(21,9-5-13-4-8-22-12-13)17-11-14-2-1-3-15(10-14)19-7-6-16-18-19/h1-3,6-7,10,13,17H,4-5,8-9,11-12H2. The molecular weight excluding hydrogens is 316 g/mol. The Kier molecular flexibility index (Phi) is 5.04. The summed E-state index contributed by atoms with van der Waals surface area (Å²) in [6.45, 7) is 1.69. The van der Waals surface area contributed by atoms with Gasteiger partial charge in [-0.25, -0.2) is 17.8 Å². The van der Waals surface area contributed by atoms with Crippen molar-refractivity contribution in [2.75, 3.05) is 19.0 Å². The lowest BCUT2D eigenvalue weighted by atomic mass is 10.1. The summed E-state index contributed by atoms with van der Waals surface area (Å²) in [6, 6.07) is 7.54. The van der Waals surface area contributed by atoms with Gasteiger partial charge in [-0.15, -0.1) is 5.10 Å². The summed E-state index contributed by atoms with van der Waals surface area (Å²) in [5, 5.41) is 7.69. The summed E-state index contributed by atoms with van der Waals surface area (Å²) < 4.78 is 33.8. The molecule has 0 bridgehead atoms. The van der Waals surface area contributed by atoms with E-state index in [-0.39, 0.29) is 12.3 Å². The highest BCUT2D eigenvalue weighted by molar-refractivity contribution is 7.89. The molecule has 0 spiro atoms. The maximum atomic E-state index is 12.1. The zero-order chi connectivity index (χ0) is 16.1. The molecular formula is C15H20N4O3S. The minimum Gasteiger partial charge on any atom is -0.381 e. The van der Waals surface area contributed by atoms with Crippen LogP contribution in [0.4, 0.5) is 0 Å². The molecule has 1 unspecified atom stereocenters. The van der Waals surface area contributed by atoms with Gasteiger partial charge >= 0.3 is 0 Å². The van der Waals surface area contributed by atoms with Gasteiger partial charge in [-0.3, -0.25) is 0 Å². The molecule has 7 nitrogen and oxygen atoms in total. The maximum absolute atomic E-state index is 12.1. The van der Waals surface area contributed by atoms with Gasteiger partial charge in [0.1, 0.15) is 0 Å². The topological polar surface area (TPSA) is 86.1 Å². The maximum Gasteiger partial charge on any atom is 0.211 e. The van der Waals surface area contributed by atoms with Crippen molar-refractivity contribution in [3.63, 3.8) is 0 Å². The van der Waals surface area contributed by atoms with Gasteiger partial charge in [0.05, 0.1) is 23.8 Å². The molecule has 1 N–H and O–H groups in total. The normalized spacial score (nSPS) is 18.3. The Morgan fingerprint density at radius 3 is 3.04 bits per heavy atom. The van der Waals surface area contributed by atoms with Gasteiger partial charge in [-0.1, -0.05) is 17.3 Å². The fourth-order valence-corrected chi connectivity index (χ4v) is 3.73. The fourth-order valence-electron chi connectivity index (χ4n) is 2.55. The Balaban J connectivity index is 1.55. The van der Waals surface area contributed by atoms with E-state index in [1.54, 1.807) is 17.1 Å². The third-order valence-electron chi connectivity index (χ3n) is 3.91. The molecule has 1 aromatic heterocycles. The molecule has 0 radical (unpaired) electrons. The second kappa shape index (κ2) is 7.20. The first kappa shape index (κ1) is 16.1. The molecule has 0 amide bonds. The van der Waals surface area contributed by atoms with Crippen LogP contribution in [0.1, 0.15) is 18.4 Å². The summed E-state index contributed by atoms with van der Waals surface area (Å²) in [5.74, 6) is 0.506. The number of nitrogens with one attached hydrogen (secondary N) is 1. The Hall–Kier alpha value is -1.77. The molecule has 1 aliphatic rings. The zero-order valence-electron chi connectivity index (χ0n) is 12.8. The summed E-state index contributed by atoms with van der Waals surface area (Å²) in [5.41, 5.74) is 1.73. The van der Waals surface area contributed by atoms with Crippen molar-refractivity contribution < 1.29 is 13.2 Å². The van der Waals surface area contributed by atoms with Crippen LogP contribution in [-0.4, -0.2) is 42.4 Å². The zero-order valence-corrected chi connectivity index (χ0v) is 13.6. The molecule has 124 valence electrons. The number of aromatic nitrogens is 3. The lowest BCUT2D eigenvalue weighted by Crippen LogP contribution is -2.27. The first-order valence-corrected chi connectivity index (χ1v) is 9.28. The molecule has 1 atom stereocenters. The lowest BCUT2D eigenvalue weighted by molar-refractivity contribution is 0.185. The van der Waals surface area contributed by atoms with Crippen LogP contribution < -0.4 is 4.72 Å². The highest BCUT2D eigenvalue weighted by Gasteiger charge is 2.19. The minimum atomic E-state index is -3.27. The number of nitrogens with zero attached hydrogens (tertiary/aromatic N) is 3. The van der Waals surface area contributed by atoms with Crippen LogP contribution in [-0.2, 0) is 21.3 Å². The number of hydrogen-bond donors (Lipinski definition) is 1. The van der Waals surface area contributed by atoms with Crippen LogP contribution in [0.2, 0.25) is 0 Å². The third-order valence-corrected chi connectivity index (χ3v) is 5.27. The lowest BCUT2D eigenvalue weighted by Gasteiger charge is -2.10. The number of hydrogen-bond acceptors (Lipinski definition) is 5. The summed E-state index contributed by atoms with van der Waals surface area (Å²) >= 11 is 0. The van der Waals surface area contributed by atoms with E-state index in [1.807, 2.05) is 24.3 Å². The molecule has 0 aliphatic carbocycles. The van der Waals surface area contributed by atoms with E-state index in [4.69, 9.17) is 4.74 Å². The first-order valence-electron chi connectivity index (χ1n) is 7.63. The molecule has 23 heavy (non-hydrogen) atoms. The highest BCUT2D eigenvalue weighted by Crippen LogP contribution is 2.17. The van der Waals surface area contributed by atoms with E-state index in [2.05, 4.69) is 15.0 Å². The van der Waals surface area contributed by atoms with Gasteiger partial charge in [-0.2, -0.15) is 0 Å². The summed E-state index contributed by atoms with van der Waals surface area (Å²) in [7, 11) is -3.27. The van der Waals surface area contributed by atoms with Crippen LogP contribution in [0.3, 0.4) is 0 Å². The number of rotatable bonds is 7. The predicted octanol–water partition coefficient (Wildman–Crippen LogP) is 1.11. The average molecular weight is 336 g/mol. The molecule has 3 rings (SSSR count). The summed E-state index contributed by atoms with van der Waals surface area (Å²) in [4.78, 5) is 0. The largest absolute Gasteiger partial charge is 0.381 e. The Labute approximate surface area is 135 Å². The van der Waals surface area contributed by atoms with E-state index in [9.17, 15) is 8.42 Å². The second-order valence-corrected chi connectivity index (χ2v) is 7.60. The van der Waals surface area contributed by atoms with Gasteiger partial charge in [0, 0.05) is 19.8 Å². The van der Waals surface area contributed by atoms with Crippen molar-refractivity contribution in [3.05, 3.63) is 42.2 Å². The summed E-state index contributed by atoms with van der Waals surface area (Å²) in [6.07, 6.45) is 4.94. The minimum absolute atomic E-state index is 0.143. The van der Waals surface area contributed by atoms with Gasteiger partial charge in [0.2, 0.25) is 10.0 Å². The number of benzene rings is 1. The molecule has 1 aliphatic heterocycles. The van der Waals surface area contributed by atoms with Gasteiger partial charge < -0.3 is 4.74 Å². The van der Waals surface area contributed by atoms with E-state index in [1.165, 1.54) is 0 Å². The molecule has 0 saturated carbocycles. The smallest absolute Gasteiger partial charge is 0.211 e. The first-order chi connectivity index (χ1) is 11.1. The van der Waals surface area contributed by atoms with E-state index < -0.39 is 10.0 Å². The van der Waals surface area contributed by atoms with Crippen molar-refractivity contribution >= 4 is 10.0 Å². The van der Waals surface area contributed by atoms with Gasteiger partial charge in [0.25, 0.3) is 0 Å². The van der Waals surface area contributed by atoms with E-state index >= 15 is 0 Å². The van der Waals surface area contributed by atoms with Gasteiger partial charge in [-0.05, 0) is 36.5 Å². The second-order valence-electron chi connectivity index (χ2n) is 5.68. The van der Waals surface area contributed by atoms with Crippen LogP contribution in [0.25, 0.3) is 5.69 Å². The van der Waals surface area contributed by atoms with Crippen LogP contribution in [0.5, 0.6) is 0 Å². The third kappa shape index (κ3) is 4.60. The van der Waals surface area contributed by atoms with Gasteiger partial charge in [0.15, 0.2) is 0 Å². The molecule has 1 aromatic carbocycles. The molecule has 8 heteroatoms. The molecule has 1 saturated heterocycles. The van der Waals surface area contributed by atoms with Crippen molar-refractivity contribution in [1.29, 1.82) is 0 Å². The van der Waals surface area contributed by atoms with Crippen LogP contribution in [0, 0.1) is 5.92 Å². The average Bonchev–Trinajstić information content (AvgIpc) is 3.25. The van der Waals surface area contributed by atoms with E-state index in [0.29, 0.717) is 18.9 Å². The van der Waals surface area contributed by atoms with Crippen molar-refractivity contribution in [3.8, 4) is 5.69 Å². The Morgan fingerprint density at radius 2 is 2.30 bits per heavy atom. The molecule has 1 fully saturated rings. The van der Waals surface area contributed by atoms with Crippen molar-refractivity contribution in [2.24, 2.45) is 5.92 Å². The number of ether oxygens (including phenoxy) is 1. The van der Waals surface area contributed by atoms with E-state index in [0.717, 1.165) is 24.3 Å². The molecule has 2 heterocycles. The Bertz CT molecular complexity index is 725. The van der Waals surface area contributed by atoms with Crippen LogP contribution >= 0.6 is 0 Å². The number of sulfonamides is 1. The SMILES string of the molecule is O=S(=O)(CCC1CCOC1)NCc1cccc(-n2ccnn2)c1. The molecule has 2 aromatic rings. The van der Waals surface area contributed by atoms with Crippen molar-refractivity contribution in [1.82, 2.24) is 19.7 Å². The monoisotopic (exact) mass is 336 g/mol. The highest BCUT2D eigenvalue weighted by atomic mass is 32.2.